The Balaban J connectivity index is 1.61. The van der Waals surface area contributed by atoms with Crippen molar-refractivity contribution in [2.75, 3.05) is 33.7 Å². The lowest BCUT2D eigenvalue weighted by Gasteiger charge is -2.35. The van der Waals surface area contributed by atoms with Gasteiger partial charge in [-0.15, -0.1) is 0 Å². The fourth-order valence-corrected chi connectivity index (χ4v) is 3.30. The highest BCUT2D eigenvalue weighted by atomic mass is 16.5. The molecule has 3 heteroatoms. The highest BCUT2D eigenvalue weighted by molar-refractivity contribution is 4.77. The van der Waals surface area contributed by atoms with E-state index >= 15 is 0 Å². The lowest BCUT2D eigenvalue weighted by Crippen LogP contribution is -2.37. The van der Waals surface area contributed by atoms with Gasteiger partial charge in [0.25, 0.3) is 0 Å². The van der Waals surface area contributed by atoms with Crippen LogP contribution in [0.4, 0.5) is 0 Å². The van der Waals surface area contributed by atoms with Crippen molar-refractivity contribution >= 4 is 0 Å². The van der Waals surface area contributed by atoms with Crippen LogP contribution in [0.2, 0.25) is 0 Å². The van der Waals surface area contributed by atoms with Gasteiger partial charge < -0.3 is 15.0 Å². The Morgan fingerprint density at radius 2 is 1.61 bits per heavy atom. The van der Waals surface area contributed by atoms with Crippen LogP contribution in [0, 0.1) is 5.92 Å². The average molecular weight is 254 g/mol. The van der Waals surface area contributed by atoms with Gasteiger partial charge in [0.1, 0.15) is 0 Å². The first-order valence-corrected chi connectivity index (χ1v) is 7.76. The van der Waals surface area contributed by atoms with Gasteiger partial charge in [0.2, 0.25) is 0 Å². The number of likely N-dealkylation sites (tertiary alicyclic amines) is 1. The van der Waals surface area contributed by atoms with Crippen LogP contribution < -0.4 is 5.32 Å². The third kappa shape index (κ3) is 4.52. The van der Waals surface area contributed by atoms with E-state index < -0.39 is 0 Å². The molecule has 0 bridgehead atoms. The van der Waals surface area contributed by atoms with Crippen LogP contribution in [-0.4, -0.2) is 50.8 Å². The summed E-state index contributed by atoms with van der Waals surface area (Å²) in [7, 11) is 4.26. The zero-order valence-corrected chi connectivity index (χ0v) is 12.2. The second-order valence-corrected chi connectivity index (χ2v) is 6.17. The van der Waals surface area contributed by atoms with Gasteiger partial charge in [-0.2, -0.15) is 0 Å². The maximum absolute atomic E-state index is 6.29. The molecule has 0 unspecified atom stereocenters. The topological polar surface area (TPSA) is 24.5 Å². The van der Waals surface area contributed by atoms with Crippen molar-refractivity contribution in [1.29, 1.82) is 0 Å². The normalized spacial score (nSPS) is 31.7. The molecule has 0 amide bonds. The van der Waals surface area contributed by atoms with Crippen LogP contribution in [0.3, 0.4) is 0 Å². The summed E-state index contributed by atoms with van der Waals surface area (Å²) in [6.45, 7) is 3.59. The van der Waals surface area contributed by atoms with E-state index in [1.165, 1.54) is 64.6 Å². The predicted octanol–water partition coefficient (Wildman–Crippen LogP) is 2.27. The molecule has 1 aliphatic heterocycles. The monoisotopic (exact) mass is 254 g/mol. The number of nitrogens with zero attached hydrogens (tertiary/aromatic N) is 1. The molecular formula is C15H30N2O. The maximum Gasteiger partial charge on any atom is 0.0603 e. The van der Waals surface area contributed by atoms with Gasteiger partial charge in [-0.3, -0.25) is 0 Å². The summed E-state index contributed by atoms with van der Waals surface area (Å²) in [4.78, 5) is 2.41. The van der Waals surface area contributed by atoms with Crippen LogP contribution in [0.5, 0.6) is 0 Å². The third-order valence-electron chi connectivity index (χ3n) is 4.65. The Hall–Kier alpha value is -0.120. The largest absolute Gasteiger partial charge is 0.375 e. The van der Waals surface area contributed by atoms with Crippen LogP contribution in [0.1, 0.15) is 44.9 Å². The molecule has 0 aromatic heterocycles. The van der Waals surface area contributed by atoms with E-state index in [-0.39, 0.29) is 0 Å². The standard InChI is InChI=1S/C15H30N2O/c1-16-10-7-13-3-5-14(6-4-13)18-15-8-11-17(2)12-9-15/h13-16H,3-12H2,1-2H3. The number of piperidine rings is 1. The van der Waals surface area contributed by atoms with E-state index in [0.29, 0.717) is 12.2 Å². The summed E-state index contributed by atoms with van der Waals surface area (Å²) < 4.78 is 6.29. The summed E-state index contributed by atoms with van der Waals surface area (Å²) in [5.41, 5.74) is 0. The van der Waals surface area contributed by atoms with E-state index in [1.54, 1.807) is 0 Å². The van der Waals surface area contributed by atoms with E-state index in [1.807, 2.05) is 0 Å². The van der Waals surface area contributed by atoms with Crippen LogP contribution in [0.15, 0.2) is 0 Å². The minimum Gasteiger partial charge on any atom is -0.375 e. The van der Waals surface area contributed by atoms with Crippen molar-refractivity contribution in [2.45, 2.75) is 57.2 Å². The molecular weight excluding hydrogens is 224 g/mol. The molecule has 1 heterocycles. The Kier molecular flexibility index (Phi) is 5.93. The molecule has 106 valence electrons. The summed E-state index contributed by atoms with van der Waals surface area (Å²) >= 11 is 0. The molecule has 1 saturated carbocycles. The predicted molar refractivity (Wildman–Crippen MR) is 75.9 cm³/mol. The highest BCUT2D eigenvalue weighted by Crippen LogP contribution is 2.30. The van der Waals surface area contributed by atoms with Crippen molar-refractivity contribution in [3.63, 3.8) is 0 Å². The van der Waals surface area contributed by atoms with Gasteiger partial charge in [0.15, 0.2) is 0 Å². The Morgan fingerprint density at radius 1 is 1.00 bits per heavy atom. The molecule has 2 aliphatic rings. The number of hydrogen-bond acceptors (Lipinski definition) is 3. The van der Waals surface area contributed by atoms with Crippen LogP contribution in [0.25, 0.3) is 0 Å². The van der Waals surface area contributed by atoms with Crippen molar-refractivity contribution in [1.82, 2.24) is 10.2 Å². The minimum atomic E-state index is 0.542. The van der Waals surface area contributed by atoms with Crippen molar-refractivity contribution in [3.8, 4) is 0 Å². The summed E-state index contributed by atoms with van der Waals surface area (Å²) in [5, 5.41) is 3.26. The van der Waals surface area contributed by atoms with E-state index in [4.69, 9.17) is 4.74 Å². The number of ether oxygens (including phenoxy) is 1. The fourth-order valence-electron chi connectivity index (χ4n) is 3.30. The molecule has 0 radical (unpaired) electrons. The van der Waals surface area contributed by atoms with E-state index in [2.05, 4.69) is 24.3 Å². The van der Waals surface area contributed by atoms with Crippen molar-refractivity contribution in [3.05, 3.63) is 0 Å². The number of hydrogen-bond donors (Lipinski definition) is 1. The molecule has 0 atom stereocenters. The minimum absolute atomic E-state index is 0.542. The number of nitrogens with one attached hydrogen (secondary N) is 1. The molecule has 1 aliphatic carbocycles. The third-order valence-corrected chi connectivity index (χ3v) is 4.65. The molecule has 0 aromatic rings. The average Bonchev–Trinajstić information content (AvgIpc) is 2.41. The van der Waals surface area contributed by atoms with Crippen molar-refractivity contribution < 1.29 is 4.74 Å². The molecule has 1 saturated heterocycles. The first-order chi connectivity index (χ1) is 8.78. The van der Waals surface area contributed by atoms with Gasteiger partial charge >= 0.3 is 0 Å². The summed E-state index contributed by atoms with van der Waals surface area (Å²) in [5.74, 6) is 0.940. The van der Waals surface area contributed by atoms with Gasteiger partial charge in [0, 0.05) is 13.1 Å². The fraction of sp³-hybridized carbons (Fsp3) is 1.00. The quantitative estimate of drug-likeness (QED) is 0.814. The molecule has 2 rings (SSSR count). The van der Waals surface area contributed by atoms with Gasteiger partial charge in [-0.05, 0) is 71.5 Å². The summed E-state index contributed by atoms with van der Waals surface area (Å²) in [6, 6.07) is 0. The maximum atomic E-state index is 6.29. The molecule has 0 spiro atoms. The molecule has 3 nitrogen and oxygen atoms in total. The zero-order chi connectivity index (χ0) is 12.8. The zero-order valence-electron chi connectivity index (χ0n) is 12.2. The lowest BCUT2D eigenvalue weighted by molar-refractivity contribution is -0.0588. The van der Waals surface area contributed by atoms with Gasteiger partial charge in [0.05, 0.1) is 12.2 Å². The van der Waals surface area contributed by atoms with Gasteiger partial charge in [-0.1, -0.05) is 0 Å². The first kappa shape index (κ1) is 14.3. The second kappa shape index (κ2) is 7.46. The Morgan fingerprint density at radius 3 is 2.22 bits per heavy atom. The summed E-state index contributed by atoms with van der Waals surface area (Å²) in [6.07, 6.45) is 10.2. The molecule has 0 aromatic carbocycles. The lowest BCUT2D eigenvalue weighted by atomic mass is 9.85. The molecule has 2 fully saturated rings. The van der Waals surface area contributed by atoms with E-state index in [0.717, 1.165) is 5.92 Å². The van der Waals surface area contributed by atoms with Crippen LogP contribution in [-0.2, 0) is 4.74 Å². The Bertz CT molecular complexity index is 219. The highest BCUT2D eigenvalue weighted by Gasteiger charge is 2.25. The van der Waals surface area contributed by atoms with Crippen molar-refractivity contribution in [2.24, 2.45) is 5.92 Å². The number of rotatable bonds is 5. The second-order valence-electron chi connectivity index (χ2n) is 6.17. The Labute approximate surface area is 112 Å². The van der Waals surface area contributed by atoms with Crippen LogP contribution >= 0.6 is 0 Å². The molecule has 1 N–H and O–H groups in total. The smallest absolute Gasteiger partial charge is 0.0603 e. The SMILES string of the molecule is CNCCC1CCC(OC2CCN(C)CC2)CC1. The first-order valence-electron chi connectivity index (χ1n) is 7.76. The van der Waals surface area contributed by atoms with E-state index in [9.17, 15) is 0 Å². The molecule has 18 heavy (non-hydrogen) atoms. The van der Waals surface area contributed by atoms with Gasteiger partial charge in [-0.25, -0.2) is 0 Å².